The molecule has 3 aromatic rings. The fourth-order valence-corrected chi connectivity index (χ4v) is 7.05. The van der Waals surface area contributed by atoms with E-state index in [0.717, 1.165) is 9.18 Å². The minimum atomic E-state index is -4.25. The highest BCUT2D eigenvalue weighted by Gasteiger charge is 2.48. The summed E-state index contributed by atoms with van der Waals surface area (Å²) < 4.78 is 43.9. The Bertz CT molecular complexity index is 1340. The van der Waals surface area contributed by atoms with Crippen LogP contribution >= 0.6 is 22.7 Å². The van der Waals surface area contributed by atoms with Gasteiger partial charge in [0.05, 0.1) is 30.5 Å². The molecule has 4 rings (SSSR count). The van der Waals surface area contributed by atoms with E-state index >= 15 is 0 Å². The Labute approximate surface area is 215 Å². The van der Waals surface area contributed by atoms with Crippen LogP contribution in [-0.4, -0.2) is 50.2 Å². The molecule has 0 aliphatic carbocycles. The summed E-state index contributed by atoms with van der Waals surface area (Å²) in [6.45, 7) is -0.0106. The van der Waals surface area contributed by atoms with Gasteiger partial charge in [-0.3, -0.25) is 10.0 Å². The van der Waals surface area contributed by atoms with Crippen molar-refractivity contribution in [2.75, 3.05) is 14.2 Å². The van der Waals surface area contributed by atoms with Gasteiger partial charge in [-0.1, -0.05) is 0 Å². The molecule has 2 aromatic heterocycles. The van der Waals surface area contributed by atoms with Crippen LogP contribution in [0.1, 0.15) is 21.4 Å². The van der Waals surface area contributed by atoms with Crippen LogP contribution in [0, 0.1) is 0 Å². The number of hydrogen-bond acceptors (Lipinski definition) is 10. The van der Waals surface area contributed by atoms with Gasteiger partial charge in [-0.15, -0.1) is 22.7 Å². The van der Waals surface area contributed by atoms with Crippen molar-refractivity contribution >= 4 is 44.7 Å². The number of alkyl carbamates (subject to hydrolysis) is 1. The van der Waals surface area contributed by atoms with Gasteiger partial charge in [-0.05, 0) is 47.3 Å². The van der Waals surface area contributed by atoms with E-state index in [0.29, 0.717) is 21.9 Å². The summed E-state index contributed by atoms with van der Waals surface area (Å²) in [5.41, 5.74) is 2.10. The van der Waals surface area contributed by atoms with E-state index in [-0.39, 0.29) is 18.0 Å². The molecule has 11 nitrogen and oxygen atoms in total. The minimum Gasteiger partial charge on any atom is -0.497 e. The molecule has 14 heteroatoms. The first-order chi connectivity index (χ1) is 17.3. The summed E-state index contributed by atoms with van der Waals surface area (Å²) in [7, 11) is -1.26. The van der Waals surface area contributed by atoms with Crippen molar-refractivity contribution < 1.29 is 37.4 Å². The topological polar surface area (TPSA) is 144 Å². The first kappa shape index (κ1) is 25.9. The molecule has 3 N–H and O–H groups in total. The normalized spacial score (nSPS) is 17.6. The number of hydroxylamine groups is 1. The maximum atomic E-state index is 13.6. The van der Waals surface area contributed by atoms with Crippen LogP contribution in [0.3, 0.4) is 0 Å². The summed E-state index contributed by atoms with van der Waals surface area (Å²) in [4.78, 5) is 26.7. The number of sulfonamides is 1. The Kier molecular flexibility index (Phi) is 7.80. The van der Waals surface area contributed by atoms with E-state index in [1.54, 1.807) is 22.9 Å². The summed E-state index contributed by atoms with van der Waals surface area (Å²) in [5, 5.41) is 15.5. The van der Waals surface area contributed by atoms with E-state index < -0.39 is 34.2 Å². The van der Waals surface area contributed by atoms with E-state index in [4.69, 9.17) is 14.2 Å². The average Bonchev–Trinajstić information content (AvgIpc) is 3.56. The molecule has 2 atom stereocenters. The molecule has 192 valence electrons. The molecular weight excluding hydrogens is 530 g/mol. The Morgan fingerprint density at radius 2 is 1.83 bits per heavy atom. The van der Waals surface area contributed by atoms with Gasteiger partial charge in [0.2, 0.25) is 10.0 Å². The van der Waals surface area contributed by atoms with Crippen LogP contribution in [0.15, 0.2) is 52.1 Å². The highest BCUT2D eigenvalue weighted by molar-refractivity contribution is 7.89. The largest absolute Gasteiger partial charge is 0.497 e. The number of hydrogen-bond donors (Lipinski definition) is 3. The van der Waals surface area contributed by atoms with Gasteiger partial charge in [0.15, 0.2) is 6.10 Å². The number of nitrogens with one attached hydrogen (secondary N) is 2. The lowest BCUT2D eigenvalue weighted by molar-refractivity contribution is -0.137. The Balaban J connectivity index is 1.63. The van der Waals surface area contributed by atoms with Crippen molar-refractivity contribution in [3.8, 4) is 11.5 Å². The third kappa shape index (κ3) is 5.17. The first-order valence-electron chi connectivity index (χ1n) is 10.5. The van der Waals surface area contributed by atoms with Gasteiger partial charge in [-0.25, -0.2) is 18.7 Å². The summed E-state index contributed by atoms with van der Waals surface area (Å²) in [6.07, 6.45) is -2.15. The molecule has 0 radical (unpaired) electrons. The van der Waals surface area contributed by atoms with Gasteiger partial charge >= 0.3 is 6.09 Å². The molecular formula is C22H23N3O8S3. The van der Waals surface area contributed by atoms with Gasteiger partial charge < -0.3 is 19.5 Å². The molecule has 36 heavy (non-hydrogen) atoms. The van der Waals surface area contributed by atoms with Crippen LogP contribution in [-0.2, 0) is 32.6 Å². The predicted molar refractivity (Wildman–Crippen MR) is 131 cm³/mol. The smallest absolute Gasteiger partial charge is 0.408 e. The zero-order chi connectivity index (χ0) is 25.9. The number of ether oxygens (including phenoxy) is 3. The van der Waals surface area contributed by atoms with Crippen LogP contribution in [0.2, 0.25) is 0 Å². The second kappa shape index (κ2) is 10.8. The Hall–Kier alpha value is -3.17. The lowest BCUT2D eigenvalue weighted by Gasteiger charge is -2.38. The lowest BCUT2D eigenvalue weighted by Crippen LogP contribution is -2.54. The number of carbonyl (C=O) groups excluding carboxylic acids is 2. The molecule has 2 unspecified atom stereocenters. The highest BCUT2D eigenvalue weighted by Crippen LogP contribution is 2.40. The van der Waals surface area contributed by atoms with E-state index in [9.17, 15) is 23.2 Å². The molecule has 0 fully saturated rings. The predicted octanol–water partition coefficient (Wildman–Crippen LogP) is 2.87. The molecule has 1 aliphatic rings. The zero-order valence-corrected chi connectivity index (χ0v) is 21.6. The Morgan fingerprint density at radius 1 is 1.11 bits per heavy atom. The summed E-state index contributed by atoms with van der Waals surface area (Å²) in [6, 6.07) is 7.57. The fraction of sp³-hybridized carbons (Fsp3) is 0.273. The molecule has 1 aliphatic heterocycles. The molecule has 1 aromatic carbocycles. The second-order valence-corrected chi connectivity index (χ2v) is 11.4. The van der Waals surface area contributed by atoms with Crippen molar-refractivity contribution in [3.63, 3.8) is 0 Å². The third-order valence-electron chi connectivity index (χ3n) is 5.51. The van der Waals surface area contributed by atoms with Crippen molar-refractivity contribution in [3.05, 3.63) is 62.5 Å². The number of benzene rings is 1. The number of fused-ring (bicyclic) bond motifs is 1. The van der Waals surface area contributed by atoms with Gasteiger partial charge in [0.1, 0.15) is 17.5 Å². The van der Waals surface area contributed by atoms with Crippen LogP contribution < -0.4 is 20.3 Å². The third-order valence-corrected chi connectivity index (χ3v) is 9.29. The highest BCUT2D eigenvalue weighted by atomic mass is 32.2. The quantitative estimate of drug-likeness (QED) is 0.285. The van der Waals surface area contributed by atoms with Crippen LogP contribution in [0.5, 0.6) is 11.5 Å². The fourth-order valence-electron chi connectivity index (χ4n) is 3.73. The average molecular weight is 554 g/mol. The van der Waals surface area contributed by atoms with Gasteiger partial charge in [0.25, 0.3) is 5.91 Å². The maximum Gasteiger partial charge on any atom is 0.408 e. The molecule has 3 heterocycles. The second-order valence-electron chi connectivity index (χ2n) is 7.59. The van der Waals surface area contributed by atoms with Crippen LogP contribution in [0.25, 0.3) is 0 Å². The number of methoxy groups -OCH3 is 2. The Morgan fingerprint density at radius 3 is 2.47 bits per heavy atom. The standard InChI is InChI=1S/C22H23N3O8S3/c1-31-14-3-5-17(6-4-14)36(29,30)25-11-13-7-8-34-20(13)19(18(25)21(26)24-28)33-22(27)23-10-16-9-15(32-2)12-35-16/h3-9,12,18-19,28H,10-11H2,1-2H3,(H,23,27)(H,24,26). The van der Waals surface area contributed by atoms with Crippen LogP contribution in [0.4, 0.5) is 4.79 Å². The summed E-state index contributed by atoms with van der Waals surface area (Å²) >= 11 is 2.60. The molecule has 2 amide bonds. The van der Waals surface area contributed by atoms with Gasteiger partial charge in [-0.2, -0.15) is 4.31 Å². The lowest BCUT2D eigenvalue weighted by atomic mass is 10.0. The molecule has 0 saturated heterocycles. The van der Waals surface area contributed by atoms with E-state index in [2.05, 4.69) is 5.32 Å². The first-order valence-corrected chi connectivity index (χ1v) is 13.7. The number of carbonyl (C=O) groups is 2. The number of amides is 2. The molecule has 0 saturated carbocycles. The number of nitrogens with zero attached hydrogens (tertiary/aromatic N) is 1. The maximum absolute atomic E-state index is 13.6. The number of thiophene rings is 2. The van der Waals surface area contributed by atoms with E-state index in [1.807, 2.05) is 0 Å². The zero-order valence-electron chi connectivity index (χ0n) is 19.2. The minimum absolute atomic E-state index is 0.0902. The van der Waals surface area contributed by atoms with Crippen molar-refractivity contribution in [1.82, 2.24) is 15.1 Å². The van der Waals surface area contributed by atoms with Crippen molar-refractivity contribution in [2.24, 2.45) is 0 Å². The van der Waals surface area contributed by atoms with Gasteiger partial charge in [0, 0.05) is 16.8 Å². The van der Waals surface area contributed by atoms with E-state index in [1.165, 1.54) is 66.6 Å². The van der Waals surface area contributed by atoms with Crippen molar-refractivity contribution in [2.45, 2.75) is 30.1 Å². The molecule has 0 bridgehead atoms. The summed E-state index contributed by atoms with van der Waals surface area (Å²) in [5.74, 6) is 0.0743. The SMILES string of the molecule is COc1ccc(S(=O)(=O)N2Cc3ccsc3C(OC(=O)NCc3cc(OC)cs3)C2C(=O)NO)cc1. The van der Waals surface area contributed by atoms with Crippen molar-refractivity contribution in [1.29, 1.82) is 0 Å². The molecule has 0 spiro atoms. The number of rotatable bonds is 8. The monoisotopic (exact) mass is 553 g/mol.